The van der Waals surface area contributed by atoms with E-state index < -0.39 is 0 Å². The van der Waals surface area contributed by atoms with Crippen LogP contribution in [0.2, 0.25) is 0 Å². The molecule has 0 radical (unpaired) electrons. The molecule has 4 atom stereocenters. The zero-order valence-corrected chi connectivity index (χ0v) is 14.8. The molecule has 1 saturated heterocycles. The van der Waals surface area contributed by atoms with Crippen molar-refractivity contribution in [3.8, 4) is 0 Å². The molecule has 2 amide bonds. The molecule has 7 heteroatoms. The van der Waals surface area contributed by atoms with Gasteiger partial charge in [-0.25, -0.2) is 0 Å². The monoisotopic (exact) mass is 353 g/mol. The van der Waals surface area contributed by atoms with Crippen molar-refractivity contribution in [2.45, 2.75) is 13.0 Å². The van der Waals surface area contributed by atoms with E-state index in [0.717, 1.165) is 12.1 Å². The first-order valence-corrected chi connectivity index (χ1v) is 9.07. The number of aromatic nitrogens is 1. The number of rotatable bonds is 5. The van der Waals surface area contributed by atoms with Crippen LogP contribution in [0.5, 0.6) is 0 Å². The third-order valence-corrected chi connectivity index (χ3v) is 5.58. The Kier molecular flexibility index (Phi) is 4.44. The average Bonchev–Trinajstić information content (AvgIpc) is 3.34. The highest BCUT2D eigenvalue weighted by Crippen LogP contribution is 2.52. The van der Waals surface area contributed by atoms with Gasteiger partial charge in [0.15, 0.2) is 5.96 Å². The van der Waals surface area contributed by atoms with E-state index in [4.69, 9.17) is 0 Å². The fourth-order valence-electron chi connectivity index (χ4n) is 4.37. The smallest absolute Gasteiger partial charge is 0.233 e. The van der Waals surface area contributed by atoms with Gasteiger partial charge in [0.1, 0.15) is 0 Å². The number of hydrogen-bond donors (Lipinski definition) is 2. The fourth-order valence-corrected chi connectivity index (χ4v) is 4.37. The van der Waals surface area contributed by atoms with Crippen molar-refractivity contribution in [1.82, 2.24) is 20.5 Å². The molecule has 2 aliphatic carbocycles. The van der Waals surface area contributed by atoms with Crippen LogP contribution < -0.4 is 10.6 Å². The molecular formula is C19H23N5O2. The van der Waals surface area contributed by atoms with E-state index in [2.05, 4.69) is 32.8 Å². The van der Waals surface area contributed by atoms with Crippen molar-refractivity contribution >= 4 is 17.8 Å². The molecule has 4 unspecified atom stereocenters. The van der Waals surface area contributed by atoms with Gasteiger partial charge in [-0.1, -0.05) is 18.2 Å². The molecule has 0 spiro atoms. The van der Waals surface area contributed by atoms with E-state index in [0.29, 0.717) is 25.6 Å². The lowest BCUT2D eigenvalue weighted by Gasteiger charge is -2.18. The Morgan fingerprint density at radius 2 is 1.92 bits per heavy atom. The molecule has 3 aliphatic rings. The maximum absolute atomic E-state index is 12.6. The fraction of sp³-hybridized carbons (Fsp3) is 0.474. The Morgan fingerprint density at radius 3 is 2.54 bits per heavy atom. The van der Waals surface area contributed by atoms with Gasteiger partial charge >= 0.3 is 0 Å². The minimum Gasteiger partial charge on any atom is -0.355 e. The number of likely N-dealkylation sites (tertiary alicyclic amines) is 1. The number of imide groups is 1. The third kappa shape index (κ3) is 2.87. The summed E-state index contributed by atoms with van der Waals surface area (Å²) in [5.74, 6) is 0.874. The second-order valence-electron chi connectivity index (χ2n) is 7.00. The number of nitrogens with one attached hydrogen (secondary N) is 2. The highest BCUT2D eigenvalue weighted by Gasteiger charge is 2.58. The molecule has 2 N–H and O–H groups in total. The van der Waals surface area contributed by atoms with Crippen LogP contribution in [0, 0.1) is 23.7 Å². The summed E-state index contributed by atoms with van der Waals surface area (Å²) in [6.07, 6.45) is 6.93. The summed E-state index contributed by atoms with van der Waals surface area (Å²) >= 11 is 0. The van der Waals surface area contributed by atoms with Gasteiger partial charge in [-0.3, -0.25) is 24.5 Å². The van der Waals surface area contributed by atoms with Crippen LogP contribution >= 0.6 is 0 Å². The van der Waals surface area contributed by atoms with E-state index in [1.807, 2.05) is 18.2 Å². The molecule has 1 aromatic rings. The Balaban J connectivity index is 1.28. The zero-order valence-electron chi connectivity index (χ0n) is 14.8. The summed E-state index contributed by atoms with van der Waals surface area (Å²) in [4.78, 5) is 35.1. The van der Waals surface area contributed by atoms with Crippen molar-refractivity contribution in [2.75, 3.05) is 20.1 Å². The number of carbonyl (C=O) groups is 2. The van der Waals surface area contributed by atoms with E-state index in [-0.39, 0.29) is 35.5 Å². The van der Waals surface area contributed by atoms with Crippen molar-refractivity contribution in [2.24, 2.45) is 28.7 Å². The number of aliphatic imine (C=N–C) groups is 1. The molecule has 1 saturated carbocycles. The molecule has 7 nitrogen and oxygen atoms in total. The van der Waals surface area contributed by atoms with Crippen molar-refractivity contribution in [3.63, 3.8) is 0 Å². The van der Waals surface area contributed by atoms with Gasteiger partial charge in [-0.05, 0) is 30.4 Å². The second kappa shape index (κ2) is 6.90. The zero-order chi connectivity index (χ0) is 18.1. The van der Waals surface area contributed by atoms with Crippen molar-refractivity contribution < 1.29 is 9.59 Å². The number of fused-ring (bicyclic) bond motifs is 5. The van der Waals surface area contributed by atoms with E-state index in [1.54, 1.807) is 13.2 Å². The van der Waals surface area contributed by atoms with Crippen molar-refractivity contribution in [1.29, 1.82) is 0 Å². The topological polar surface area (TPSA) is 86.7 Å². The predicted molar refractivity (Wildman–Crippen MR) is 96.9 cm³/mol. The maximum atomic E-state index is 12.6. The first-order valence-electron chi connectivity index (χ1n) is 9.07. The van der Waals surface area contributed by atoms with Gasteiger partial charge in [-0.2, -0.15) is 0 Å². The van der Waals surface area contributed by atoms with Crippen LogP contribution in [0.15, 0.2) is 41.5 Å². The first-order chi connectivity index (χ1) is 12.7. The third-order valence-electron chi connectivity index (χ3n) is 5.58. The minimum atomic E-state index is -0.126. The average molecular weight is 353 g/mol. The number of amides is 2. The van der Waals surface area contributed by atoms with Crippen LogP contribution in [-0.4, -0.2) is 47.8 Å². The molecule has 2 heterocycles. The SMILES string of the molecule is CN=C(NCCN1C(=O)C2C3C=CC(C3)C2C1=O)NCc1ccccn1. The predicted octanol–water partition coefficient (Wildman–Crippen LogP) is 0.554. The standard InChI is InChI=1S/C19H23N5O2/c1-20-19(23-11-14-4-2-3-7-21-14)22-8-9-24-17(25)15-12-5-6-13(10-12)16(15)18(24)26/h2-7,12-13,15-16H,8-11H2,1H3,(H2,20,22,23). The van der Waals surface area contributed by atoms with Crippen LogP contribution in [0.3, 0.4) is 0 Å². The minimum absolute atomic E-state index is 0.00455. The van der Waals surface area contributed by atoms with Gasteiger partial charge in [0.05, 0.1) is 24.1 Å². The number of pyridine rings is 1. The molecule has 2 fully saturated rings. The Bertz CT molecular complexity index is 730. The van der Waals surface area contributed by atoms with Crippen molar-refractivity contribution in [3.05, 3.63) is 42.2 Å². The van der Waals surface area contributed by atoms with Crippen LogP contribution in [-0.2, 0) is 16.1 Å². The second-order valence-corrected chi connectivity index (χ2v) is 7.00. The molecule has 1 aliphatic heterocycles. The highest BCUT2D eigenvalue weighted by atomic mass is 16.2. The molecule has 4 rings (SSSR count). The summed E-state index contributed by atoms with van der Waals surface area (Å²) in [7, 11) is 1.69. The Morgan fingerprint density at radius 1 is 1.19 bits per heavy atom. The normalized spacial score (nSPS) is 29.4. The number of nitrogens with zero attached hydrogens (tertiary/aromatic N) is 3. The number of allylic oxidation sites excluding steroid dienone is 2. The first kappa shape index (κ1) is 16.8. The summed E-state index contributed by atoms with van der Waals surface area (Å²) in [6, 6.07) is 5.74. The van der Waals surface area contributed by atoms with Gasteiger partial charge in [0.25, 0.3) is 0 Å². The van der Waals surface area contributed by atoms with Crippen LogP contribution in [0.4, 0.5) is 0 Å². The summed E-state index contributed by atoms with van der Waals surface area (Å²) in [6.45, 7) is 1.40. The van der Waals surface area contributed by atoms with E-state index in [1.165, 1.54) is 4.90 Å². The largest absolute Gasteiger partial charge is 0.355 e. The lowest BCUT2D eigenvalue weighted by molar-refractivity contribution is -0.140. The molecule has 136 valence electrons. The summed E-state index contributed by atoms with van der Waals surface area (Å²) < 4.78 is 0. The summed E-state index contributed by atoms with van der Waals surface area (Å²) in [5.41, 5.74) is 0.913. The molecule has 26 heavy (non-hydrogen) atoms. The Hall–Kier alpha value is -2.70. The molecule has 2 bridgehead atoms. The van der Waals surface area contributed by atoms with Gasteiger partial charge < -0.3 is 10.6 Å². The van der Waals surface area contributed by atoms with E-state index in [9.17, 15) is 9.59 Å². The maximum Gasteiger partial charge on any atom is 0.233 e. The lowest BCUT2D eigenvalue weighted by Crippen LogP contribution is -2.43. The van der Waals surface area contributed by atoms with Crippen LogP contribution in [0.1, 0.15) is 12.1 Å². The number of hydrogen-bond acceptors (Lipinski definition) is 4. The quantitative estimate of drug-likeness (QED) is 0.349. The van der Waals surface area contributed by atoms with E-state index >= 15 is 0 Å². The van der Waals surface area contributed by atoms with Gasteiger partial charge in [-0.15, -0.1) is 0 Å². The molecule has 0 aromatic carbocycles. The molecule has 1 aromatic heterocycles. The Labute approximate surface area is 152 Å². The lowest BCUT2D eigenvalue weighted by atomic mass is 9.85. The van der Waals surface area contributed by atoms with Gasteiger partial charge in [0.2, 0.25) is 11.8 Å². The van der Waals surface area contributed by atoms with Crippen LogP contribution in [0.25, 0.3) is 0 Å². The molecular weight excluding hydrogens is 330 g/mol. The van der Waals surface area contributed by atoms with Gasteiger partial charge in [0, 0.05) is 26.3 Å². The highest BCUT2D eigenvalue weighted by molar-refractivity contribution is 6.06. The summed E-state index contributed by atoms with van der Waals surface area (Å²) in [5, 5.41) is 6.34. The number of guanidine groups is 1. The number of carbonyl (C=O) groups excluding carboxylic acids is 2.